The highest BCUT2D eigenvalue weighted by atomic mass is 32.2. The molecule has 0 bridgehead atoms. The van der Waals surface area contributed by atoms with E-state index in [1.54, 1.807) is 0 Å². The van der Waals surface area contributed by atoms with Crippen LogP contribution in [0.2, 0.25) is 0 Å². The van der Waals surface area contributed by atoms with Crippen molar-refractivity contribution >= 4 is 38.0 Å². The van der Waals surface area contributed by atoms with Gasteiger partial charge >= 0.3 is 0 Å². The Bertz CT molecular complexity index is 1400. The molecule has 1 N–H and O–H groups in total. The predicted molar refractivity (Wildman–Crippen MR) is 133 cm³/mol. The van der Waals surface area contributed by atoms with E-state index in [2.05, 4.69) is 16.3 Å². The van der Waals surface area contributed by atoms with Crippen LogP contribution in [0.4, 0.5) is 10.7 Å². The number of sulfonamides is 1. The molecule has 0 unspecified atom stereocenters. The number of rotatable bonds is 4. The van der Waals surface area contributed by atoms with Crippen LogP contribution in [0.1, 0.15) is 38.3 Å². The van der Waals surface area contributed by atoms with Crippen LogP contribution >= 0.6 is 11.3 Å². The van der Waals surface area contributed by atoms with Crippen molar-refractivity contribution in [3.8, 4) is 6.07 Å². The lowest BCUT2D eigenvalue weighted by Gasteiger charge is -2.30. The second kappa shape index (κ2) is 8.87. The van der Waals surface area contributed by atoms with Gasteiger partial charge in [0.1, 0.15) is 11.1 Å². The molecule has 2 aromatic carbocycles. The topological polar surface area (TPSA) is 93.5 Å². The van der Waals surface area contributed by atoms with Crippen LogP contribution in [-0.4, -0.2) is 39.4 Å². The lowest BCUT2D eigenvalue weighted by atomic mass is 10.0. The Kier molecular flexibility index (Phi) is 5.90. The SMILES string of the molecule is CN1CCc2c(sc(NC(=O)c3ccc(S(=O)(=O)N4CCCc5ccccc54)cc3)c2C#N)C1. The molecule has 0 spiro atoms. The monoisotopic (exact) mass is 492 g/mol. The minimum Gasteiger partial charge on any atom is -0.312 e. The molecule has 2 aliphatic rings. The largest absolute Gasteiger partial charge is 0.312 e. The van der Waals surface area contributed by atoms with Gasteiger partial charge in [-0.25, -0.2) is 8.42 Å². The number of nitrogens with zero attached hydrogens (tertiary/aromatic N) is 3. The van der Waals surface area contributed by atoms with Gasteiger partial charge in [0, 0.05) is 30.1 Å². The van der Waals surface area contributed by atoms with Crippen molar-refractivity contribution in [2.24, 2.45) is 0 Å². The predicted octanol–water partition coefficient (Wildman–Crippen LogP) is 4.00. The van der Waals surface area contributed by atoms with Crippen molar-refractivity contribution < 1.29 is 13.2 Å². The van der Waals surface area contributed by atoms with Crippen LogP contribution in [0.3, 0.4) is 0 Å². The first-order valence-corrected chi connectivity index (χ1v) is 13.4. The summed E-state index contributed by atoms with van der Waals surface area (Å²) < 4.78 is 28.1. The number of nitriles is 1. The number of amides is 1. The first-order chi connectivity index (χ1) is 16.4. The number of carbonyl (C=O) groups is 1. The highest BCUT2D eigenvalue weighted by Crippen LogP contribution is 2.37. The number of likely N-dealkylation sites (N-methyl/N-ethyl adjacent to an activating group) is 1. The van der Waals surface area contributed by atoms with Crippen molar-refractivity contribution in [1.82, 2.24) is 4.90 Å². The Morgan fingerprint density at radius 2 is 1.85 bits per heavy atom. The minimum atomic E-state index is -3.74. The highest BCUT2D eigenvalue weighted by Gasteiger charge is 2.29. The first-order valence-electron chi connectivity index (χ1n) is 11.1. The van der Waals surface area contributed by atoms with Gasteiger partial charge in [0.05, 0.1) is 16.1 Å². The standard InChI is InChI=1S/C25H24N4O3S2/c1-28-14-12-20-21(15-26)25(33-23(20)16-28)27-24(30)18-8-10-19(11-9-18)34(31,32)29-13-4-6-17-5-2-3-7-22(17)29/h2-3,5,7-11H,4,6,12-14,16H2,1H3,(H,27,30). The van der Waals surface area contributed by atoms with Crippen LogP contribution < -0.4 is 9.62 Å². The Balaban J connectivity index is 1.37. The maximum atomic E-state index is 13.3. The molecular weight excluding hydrogens is 468 g/mol. The molecule has 0 saturated carbocycles. The number of para-hydroxylation sites is 1. The molecule has 0 atom stereocenters. The van der Waals surface area contributed by atoms with Gasteiger partial charge < -0.3 is 10.2 Å². The summed E-state index contributed by atoms with van der Waals surface area (Å²) >= 11 is 1.43. The summed E-state index contributed by atoms with van der Waals surface area (Å²) in [7, 11) is -1.71. The van der Waals surface area contributed by atoms with E-state index in [0.717, 1.165) is 48.4 Å². The van der Waals surface area contributed by atoms with Gasteiger partial charge in [-0.2, -0.15) is 5.26 Å². The number of benzene rings is 2. The second-order valence-corrected chi connectivity index (χ2v) is 11.6. The van der Waals surface area contributed by atoms with Crippen molar-refractivity contribution in [3.63, 3.8) is 0 Å². The van der Waals surface area contributed by atoms with E-state index in [-0.39, 0.29) is 10.8 Å². The van der Waals surface area contributed by atoms with Crippen molar-refractivity contribution in [1.29, 1.82) is 5.26 Å². The minimum absolute atomic E-state index is 0.146. The fourth-order valence-electron chi connectivity index (χ4n) is 4.57. The molecule has 0 fully saturated rings. The van der Waals surface area contributed by atoms with Gasteiger partial charge in [-0.1, -0.05) is 18.2 Å². The third-order valence-electron chi connectivity index (χ3n) is 6.36. The summed E-state index contributed by atoms with van der Waals surface area (Å²) in [5.41, 5.74) is 3.62. The molecule has 2 aliphatic heterocycles. The Morgan fingerprint density at radius 3 is 2.62 bits per heavy atom. The number of anilines is 2. The number of aryl methyl sites for hydroxylation is 1. The maximum Gasteiger partial charge on any atom is 0.264 e. The van der Waals surface area contributed by atoms with E-state index < -0.39 is 10.0 Å². The normalized spacial score (nSPS) is 15.8. The number of carbonyl (C=O) groups excluding carboxylic acids is 1. The Hall–Kier alpha value is -3.19. The van der Waals surface area contributed by atoms with Gasteiger partial charge in [0.25, 0.3) is 15.9 Å². The zero-order valence-electron chi connectivity index (χ0n) is 18.7. The molecule has 0 radical (unpaired) electrons. The molecule has 1 aromatic heterocycles. The summed E-state index contributed by atoms with van der Waals surface area (Å²) in [6.45, 7) is 2.07. The summed E-state index contributed by atoms with van der Waals surface area (Å²) in [6, 6.07) is 15.8. The van der Waals surface area contributed by atoms with Gasteiger partial charge in [-0.05, 0) is 67.8 Å². The average Bonchev–Trinajstić information content (AvgIpc) is 3.19. The van der Waals surface area contributed by atoms with E-state index in [0.29, 0.717) is 28.4 Å². The van der Waals surface area contributed by atoms with E-state index in [9.17, 15) is 18.5 Å². The molecule has 7 nitrogen and oxygen atoms in total. The molecule has 3 heterocycles. The lowest BCUT2D eigenvalue weighted by molar-refractivity contribution is 0.102. The average molecular weight is 493 g/mol. The number of nitrogens with one attached hydrogen (secondary N) is 1. The molecule has 3 aromatic rings. The molecule has 5 rings (SSSR count). The lowest BCUT2D eigenvalue weighted by Crippen LogP contribution is -2.35. The number of hydrogen-bond donors (Lipinski definition) is 1. The van der Waals surface area contributed by atoms with Gasteiger partial charge in [-0.15, -0.1) is 11.3 Å². The summed E-state index contributed by atoms with van der Waals surface area (Å²) in [6.07, 6.45) is 2.40. The Morgan fingerprint density at radius 1 is 1.09 bits per heavy atom. The van der Waals surface area contributed by atoms with E-state index in [4.69, 9.17) is 0 Å². The number of thiophene rings is 1. The first kappa shape index (κ1) is 22.6. The van der Waals surface area contributed by atoms with E-state index in [1.807, 2.05) is 31.3 Å². The molecule has 1 amide bonds. The van der Waals surface area contributed by atoms with Crippen LogP contribution in [0.25, 0.3) is 0 Å². The fraction of sp³-hybridized carbons (Fsp3) is 0.280. The third kappa shape index (κ3) is 3.98. The summed E-state index contributed by atoms with van der Waals surface area (Å²) in [4.78, 5) is 16.3. The van der Waals surface area contributed by atoms with Crippen LogP contribution in [0.15, 0.2) is 53.4 Å². The number of hydrogen-bond acceptors (Lipinski definition) is 6. The van der Waals surface area contributed by atoms with E-state index in [1.165, 1.54) is 39.9 Å². The van der Waals surface area contributed by atoms with Gasteiger partial charge in [0.15, 0.2) is 0 Å². The fourth-order valence-corrected chi connectivity index (χ4v) is 7.38. The van der Waals surface area contributed by atoms with Crippen LogP contribution in [0.5, 0.6) is 0 Å². The van der Waals surface area contributed by atoms with Crippen molar-refractivity contribution in [2.45, 2.75) is 30.7 Å². The van der Waals surface area contributed by atoms with Crippen molar-refractivity contribution in [2.75, 3.05) is 29.8 Å². The molecule has 34 heavy (non-hydrogen) atoms. The number of fused-ring (bicyclic) bond motifs is 2. The van der Waals surface area contributed by atoms with Crippen LogP contribution in [0, 0.1) is 11.3 Å². The highest BCUT2D eigenvalue weighted by molar-refractivity contribution is 7.92. The zero-order valence-corrected chi connectivity index (χ0v) is 20.4. The zero-order chi connectivity index (χ0) is 23.9. The van der Waals surface area contributed by atoms with E-state index >= 15 is 0 Å². The summed E-state index contributed by atoms with van der Waals surface area (Å²) in [5, 5.41) is 13.1. The van der Waals surface area contributed by atoms with Gasteiger partial charge in [-0.3, -0.25) is 9.10 Å². The third-order valence-corrected chi connectivity index (χ3v) is 9.32. The quantitative estimate of drug-likeness (QED) is 0.594. The molecule has 0 saturated heterocycles. The maximum absolute atomic E-state index is 13.3. The van der Waals surface area contributed by atoms with Crippen LogP contribution in [-0.2, 0) is 29.4 Å². The smallest absolute Gasteiger partial charge is 0.264 e. The molecule has 9 heteroatoms. The molecular formula is C25H24N4O3S2. The molecule has 0 aliphatic carbocycles. The van der Waals surface area contributed by atoms with Crippen molar-refractivity contribution in [3.05, 3.63) is 75.7 Å². The Labute approximate surface area is 203 Å². The molecule has 174 valence electrons. The second-order valence-electron chi connectivity index (χ2n) is 8.60. The summed E-state index contributed by atoms with van der Waals surface area (Å²) in [5.74, 6) is -0.365. The van der Waals surface area contributed by atoms with Gasteiger partial charge in [0.2, 0.25) is 0 Å².